The SMILES string of the molecule is CC(=O)N[C@H]1[C@H](O[C@H]2[C@H](O[C@H](C)C(=O)N[C@@H](C)C(=O)N[C@H](CCC(=O)N[C@@H](CCC[C@@H](N)C(=O)O)C(=O)N[C@H](C)C(=O)O)C(=O)O)[C@@H](NC(C)=O)C(OP(=O)(O)OP(=O)(O)OC/C=C(/C)CC/C=C(/C)CC/C=C(/C)CC/C=C(/C)CC/C=C(/C)CC/C=C(/C)CC/C=C(/C)CC/C=C(/C)CC/C=C(\C)CC/C=C(\C)CCC=C(C)C)O[C@@H]2CO)O[C@H](CO)[C@@H](O)[C@@H]1O. The van der Waals surface area contributed by atoms with Crippen LogP contribution < -0.4 is 37.6 Å². The molecule has 34 nitrogen and oxygen atoms in total. The Morgan fingerprint density at radius 3 is 1.19 bits per heavy atom. The van der Waals surface area contributed by atoms with Crippen LogP contribution in [0.5, 0.6) is 0 Å². The Bertz CT molecular complexity index is 4030. The van der Waals surface area contributed by atoms with Crippen LogP contribution in [-0.2, 0) is 84.6 Å². The summed E-state index contributed by atoms with van der Waals surface area (Å²) in [7, 11) is -11.5. The van der Waals surface area contributed by atoms with Gasteiger partial charge in [0, 0.05) is 20.3 Å². The maximum Gasteiger partial charge on any atom is 0.483 e. The van der Waals surface area contributed by atoms with Crippen LogP contribution >= 0.6 is 15.6 Å². The number of aliphatic carboxylic acids is 3. The number of carbonyl (C=O) groups excluding carboxylic acids is 6. The van der Waals surface area contributed by atoms with E-state index in [1.54, 1.807) is 6.92 Å². The predicted molar refractivity (Wildman–Crippen MR) is 488 cm³/mol. The van der Waals surface area contributed by atoms with E-state index in [4.69, 9.17) is 33.7 Å². The minimum Gasteiger partial charge on any atom is -0.480 e. The topological polar surface area (TPSA) is 533 Å². The summed E-state index contributed by atoms with van der Waals surface area (Å²) < 4.78 is 66.2. The Morgan fingerprint density at radius 1 is 0.414 bits per heavy atom. The molecule has 0 aromatic heterocycles. The Hall–Kier alpha value is -7.73. The van der Waals surface area contributed by atoms with E-state index >= 15 is 0 Å². The van der Waals surface area contributed by atoms with Crippen molar-refractivity contribution in [3.63, 3.8) is 0 Å². The molecule has 0 spiro atoms. The van der Waals surface area contributed by atoms with Crippen molar-refractivity contribution in [1.82, 2.24) is 31.9 Å². The summed E-state index contributed by atoms with van der Waals surface area (Å²) >= 11 is 0. The van der Waals surface area contributed by atoms with Crippen molar-refractivity contribution < 1.29 is 130 Å². The highest BCUT2D eigenvalue weighted by Crippen LogP contribution is 2.61. The zero-order valence-corrected chi connectivity index (χ0v) is 80.0. The van der Waals surface area contributed by atoms with E-state index in [1.807, 2.05) is 6.92 Å². The standard InChI is InChI=1S/C92H151N7O27P2/c1-57(2)29-18-30-58(3)31-19-32-59(4)33-20-34-60(5)35-21-36-61(6)37-22-38-62(7)39-23-40-63(8)41-24-42-64(9)43-25-44-65(10)45-26-46-66(11)47-27-48-67(12)53-54-120-127(116,117)126-128(118,119)125-92-80(97-72(17)103)84(83(77(56-101)123-92)124-91-79(96-71(16)102)82(106)81(105)76(55-100)122-91)121-70(15)86(108)94-68(13)85(107)99-75(90(114)115)51-52-78(104)98-74(50-28-49-73(93)89(112)113)87(109)95-69(14)88(110)111/h29,31,33,35,37,39,41,43,45,47,53,68-70,73-77,79-84,91-92,100-101,105-106H,18-28,30,32,34,36,38,40,42,44,46,48-52,54-56,93H2,1-17H3,(H,94,108)(H,95,109)(H,96,102)(H,97,103)(H,98,104)(H,99,107)(H,110,111)(H,112,113)(H,114,115)(H,116,117)(H,118,119)/b58-31+,59-33+,60-35-,61-37-,62-39-,63-41-,64-43-,65-45-,66-47-,67-53-/t68-,69+,70+,73+,74-,75+,76+,77+,79+,80+,81+,82+,83+,84+,91-,92?/m0/s1. The number of phosphoric acid groups is 2. The van der Waals surface area contributed by atoms with Gasteiger partial charge in [-0.1, -0.05) is 128 Å². The number of aliphatic hydroxyl groups is 4. The Morgan fingerprint density at radius 2 is 0.805 bits per heavy atom. The van der Waals surface area contributed by atoms with Crippen molar-refractivity contribution in [2.45, 2.75) is 376 Å². The van der Waals surface area contributed by atoms with E-state index in [0.29, 0.717) is 12.8 Å². The Labute approximate surface area is 756 Å². The summed E-state index contributed by atoms with van der Waals surface area (Å²) in [6.07, 6.45) is 25.6. The van der Waals surface area contributed by atoms with E-state index in [9.17, 15) is 97.8 Å². The van der Waals surface area contributed by atoms with Crippen molar-refractivity contribution in [2.75, 3.05) is 19.8 Å². The third-order valence-electron chi connectivity index (χ3n) is 21.7. The van der Waals surface area contributed by atoms with E-state index in [1.165, 1.54) is 56.2 Å². The van der Waals surface area contributed by atoms with Crippen LogP contribution in [0, 0.1) is 0 Å². The third kappa shape index (κ3) is 49.5. The first-order chi connectivity index (χ1) is 60.1. The predicted octanol–water partition coefficient (Wildman–Crippen LogP) is 12.3. The van der Waals surface area contributed by atoms with E-state index < -0.39 is 199 Å². The highest BCUT2D eigenvalue weighted by molar-refractivity contribution is 7.61. The second-order valence-corrected chi connectivity index (χ2v) is 37.1. The number of carbonyl (C=O) groups is 9. The van der Waals surface area contributed by atoms with Gasteiger partial charge in [0.05, 0.1) is 19.8 Å². The number of phosphoric ester groups is 2. The molecule has 2 heterocycles. The first-order valence-electron chi connectivity index (χ1n) is 44.4. The summed E-state index contributed by atoms with van der Waals surface area (Å²) in [5.41, 5.74) is 20.3. The first-order valence-corrected chi connectivity index (χ1v) is 47.3. The molecular formula is C92H151N7O27P2. The van der Waals surface area contributed by atoms with Crippen LogP contribution in [0.3, 0.4) is 0 Å². The number of rotatable bonds is 62. The van der Waals surface area contributed by atoms with Gasteiger partial charge in [-0.25, -0.2) is 13.9 Å². The summed E-state index contributed by atoms with van der Waals surface area (Å²) in [5.74, 6) is -10.5. The molecule has 2 saturated heterocycles. The molecule has 2 aliphatic heterocycles. The molecule has 6 amide bonds. The maximum absolute atomic E-state index is 14.1. The molecule has 36 heteroatoms. The number of nitrogens with two attached hydrogens (primary N) is 1. The molecule has 0 saturated carbocycles. The van der Waals surface area contributed by atoms with Crippen molar-refractivity contribution >= 4 is 69.0 Å². The number of nitrogens with one attached hydrogen (secondary N) is 6. The minimum absolute atomic E-state index is 0.0367. The van der Waals surface area contributed by atoms with Crippen LogP contribution in [0.2, 0.25) is 0 Å². The monoisotopic (exact) mass is 1850 g/mol. The molecule has 2 rings (SSSR count). The lowest BCUT2D eigenvalue weighted by Crippen LogP contribution is -2.70. The molecular weight excluding hydrogens is 1700 g/mol. The molecule has 726 valence electrons. The molecule has 0 aromatic carbocycles. The molecule has 2 fully saturated rings. The fourth-order valence-electron chi connectivity index (χ4n) is 13.8. The number of amides is 6. The second-order valence-electron chi connectivity index (χ2n) is 34.1. The summed E-state index contributed by atoms with van der Waals surface area (Å²) in [6, 6.07) is -11.4. The van der Waals surface area contributed by atoms with Crippen LogP contribution in [0.4, 0.5) is 0 Å². The molecule has 0 aliphatic carbocycles. The van der Waals surface area contributed by atoms with Crippen LogP contribution in [-0.4, -0.2) is 216 Å². The lowest BCUT2D eigenvalue weighted by atomic mass is 9.94. The number of ether oxygens (including phenoxy) is 4. The van der Waals surface area contributed by atoms with Gasteiger partial charge in [-0.05, 0) is 258 Å². The molecule has 128 heavy (non-hydrogen) atoms. The number of hydrogen-bond donors (Lipinski definition) is 16. The highest BCUT2D eigenvalue weighted by Gasteiger charge is 2.55. The molecule has 0 bridgehead atoms. The fourth-order valence-corrected chi connectivity index (χ4v) is 15.9. The average molecular weight is 1850 g/mol. The molecule has 18 atom stereocenters. The zero-order valence-electron chi connectivity index (χ0n) is 78.2. The molecule has 17 N–H and O–H groups in total. The molecule has 0 radical (unpaired) electrons. The third-order valence-corrected chi connectivity index (χ3v) is 24.3. The maximum atomic E-state index is 14.1. The van der Waals surface area contributed by atoms with Gasteiger partial charge in [-0.2, -0.15) is 4.31 Å². The van der Waals surface area contributed by atoms with Gasteiger partial charge in [-0.15, -0.1) is 0 Å². The van der Waals surface area contributed by atoms with Gasteiger partial charge in [0.15, 0.2) is 12.6 Å². The average Bonchev–Trinajstić information content (AvgIpc) is 0.764. The first kappa shape index (κ1) is 116. The van der Waals surface area contributed by atoms with Gasteiger partial charge >= 0.3 is 33.6 Å². The number of carboxylic acids is 3. The lowest BCUT2D eigenvalue weighted by Gasteiger charge is -2.49. The van der Waals surface area contributed by atoms with Crippen molar-refractivity contribution in [1.29, 1.82) is 0 Å². The van der Waals surface area contributed by atoms with Crippen molar-refractivity contribution in [3.05, 3.63) is 128 Å². The second kappa shape index (κ2) is 61.8. The lowest BCUT2D eigenvalue weighted by molar-refractivity contribution is -0.331. The molecule has 3 unspecified atom stereocenters. The summed E-state index contributed by atoms with van der Waals surface area (Å²) in [6.45, 7) is 28.4. The van der Waals surface area contributed by atoms with E-state index in [-0.39, 0.29) is 19.3 Å². The van der Waals surface area contributed by atoms with Crippen LogP contribution in [0.1, 0.15) is 278 Å². The van der Waals surface area contributed by atoms with Crippen molar-refractivity contribution in [2.24, 2.45) is 5.73 Å². The minimum atomic E-state index is -5.96. The Kier molecular flexibility index (Phi) is 56.2. The van der Waals surface area contributed by atoms with Crippen LogP contribution in [0.15, 0.2) is 128 Å². The van der Waals surface area contributed by atoms with E-state index in [0.717, 1.165) is 161 Å². The number of hydrogen-bond acceptors (Lipinski definition) is 23. The van der Waals surface area contributed by atoms with Gasteiger partial charge < -0.3 is 102 Å². The quantitative estimate of drug-likeness (QED) is 0.0199. The smallest absolute Gasteiger partial charge is 0.480 e. The largest absolute Gasteiger partial charge is 0.483 e. The molecule has 2 aliphatic rings. The Balaban J connectivity index is 2.07. The number of aliphatic hydroxyl groups excluding tert-OH is 4. The number of allylic oxidation sites excluding steroid dienone is 21. The van der Waals surface area contributed by atoms with Gasteiger partial charge in [0.1, 0.15) is 85.0 Å². The number of carboxylic acid groups (broad SMARTS) is 3. The zero-order chi connectivity index (χ0) is 96.6. The fraction of sp³-hybridized carbons (Fsp3) is 0.663. The van der Waals surface area contributed by atoms with Gasteiger partial charge in [0.25, 0.3) is 0 Å². The normalized spacial score (nSPS) is 22.6. The van der Waals surface area contributed by atoms with Crippen molar-refractivity contribution in [3.8, 4) is 0 Å². The summed E-state index contributed by atoms with van der Waals surface area (Å²) in [4.78, 5) is 137. The highest BCUT2D eigenvalue weighted by atomic mass is 31.3. The van der Waals surface area contributed by atoms with Crippen LogP contribution in [0.25, 0.3) is 0 Å². The van der Waals surface area contributed by atoms with Gasteiger partial charge in [-0.3, -0.25) is 47.4 Å². The van der Waals surface area contributed by atoms with Gasteiger partial charge in [0.2, 0.25) is 35.4 Å². The van der Waals surface area contributed by atoms with E-state index in [2.05, 4.69) is 166 Å². The molecule has 0 aromatic rings. The summed E-state index contributed by atoms with van der Waals surface area (Å²) in [5, 5.41) is 85.2.